The van der Waals surface area contributed by atoms with Gasteiger partial charge in [0, 0.05) is 11.1 Å². The molecule has 0 bridgehead atoms. The Morgan fingerprint density at radius 1 is 1.26 bits per heavy atom. The standard InChI is InChI=1S/C14H15BrF3N/c1-3-5-11-8(4-2)9-6-7-10(15)12(16)13(9)19(11)14(17)18/h6-7,14H,3-5H2,1-2H3. The lowest BCUT2D eigenvalue weighted by molar-refractivity contribution is 0.0716. The molecule has 2 rings (SSSR count). The summed E-state index contributed by atoms with van der Waals surface area (Å²) in [7, 11) is 0. The normalized spacial score (nSPS) is 11.7. The summed E-state index contributed by atoms with van der Waals surface area (Å²) < 4.78 is 41.9. The van der Waals surface area contributed by atoms with Gasteiger partial charge in [0.05, 0.1) is 9.99 Å². The van der Waals surface area contributed by atoms with Crippen molar-refractivity contribution in [1.82, 2.24) is 4.57 Å². The molecule has 1 heterocycles. The van der Waals surface area contributed by atoms with Crippen LogP contribution in [0.5, 0.6) is 0 Å². The third kappa shape index (κ3) is 2.29. The molecule has 0 unspecified atom stereocenters. The average Bonchev–Trinajstić information content (AvgIpc) is 2.68. The minimum Gasteiger partial charge on any atom is -0.285 e. The van der Waals surface area contributed by atoms with Crippen LogP contribution in [0.4, 0.5) is 13.2 Å². The molecular formula is C14H15BrF3N. The maximum Gasteiger partial charge on any atom is 0.319 e. The third-order valence-electron chi connectivity index (χ3n) is 3.31. The summed E-state index contributed by atoms with van der Waals surface area (Å²) in [6.07, 6.45) is 1.89. The fourth-order valence-corrected chi connectivity index (χ4v) is 2.89. The van der Waals surface area contributed by atoms with Gasteiger partial charge in [0.15, 0.2) is 5.82 Å². The summed E-state index contributed by atoms with van der Waals surface area (Å²) in [5, 5.41) is 0.590. The molecule has 0 fully saturated rings. The van der Waals surface area contributed by atoms with Crippen LogP contribution >= 0.6 is 15.9 Å². The number of hydrogen-bond donors (Lipinski definition) is 0. The van der Waals surface area contributed by atoms with Crippen molar-refractivity contribution < 1.29 is 13.2 Å². The van der Waals surface area contributed by atoms with Gasteiger partial charge < -0.3 is 0 Å². The summed E-state index contributed by atoms with van der Waals surface area (Å²) >= 11 is 3.06. The zero-order valence-electron chi connectivity index (χ0n) is 10.8. The van der Waals surface area contributed by atoms with E-state index in [1.54, 1.807) is 12.1 Å². The van der Waals surface area contributed by atoms with Crippen molar-refractivity contribution in [3.05, 3.63) is 33.7 Å². The van der Waals surface area contributed by atoms with Gasteiger partial charge in [-0.2, -0.15) is 8.78 Å². The number of nitrogens with zero attached hydrogens (tertiary/aromatic N) is 1. The van der Waals surface area contributed by atoms with E-state index < -0.39 is 12.4 Å². The van der Waals surface area contributed by atoms with Crippen molar-refractivity contribution in [2.75, 3.05) is 0 Å². The number of hydrogen-bond acceptors (Lipinski definition) is 0. The maximum absolute atomic E-state index is 14.2. The highest BCUT2D eigenvalue weighted by molar-refractivity contribution is 9.10. The molecule has 0 saturated carbocycles. The number of rotatable bonds is 4. The van der Waals surface area contributed by atoms with Gasteiger partial charge in [0.25, 0.3) is 0 Å². The van der Waals surface area contributed by atoms with Crippen LogP contribution < -0.4 is 0 Å². The summed E-state index contributed by atoms with van der Waals surface area (Å²) in [6.45, 7) is 1.11. The van der Waals surface area contributed by atoms with E-state index in [1.807, 2.05) is 13.8 Å². The predicted octanol–water partition coefficient (Wildman–Crippen LogP) is 5.45. The Hall–Kier alpha value is -0.970. The van der Waals surface area contributed by atoms with E-state index in [2.05, 4.69) is 15.9 Å². The van der Waals surface area contributed by atoms with E-state index in [4.69, 9.17) is 0 Å². The molecule has 19 heavy (non-hydrogen) atoms. The molecule has 0 atom stereocenters. The summed E-state index contributed by atoms with van der Waals surface area (Å²) in [5.74, 6) is -0.616. The number of aromatic nitrogens is 1. The Bertz CT molecular complexity index is 604. The number of aryl methyl sites for hydroxylation is 1. The largest absolute Gasteiger partial charge is 0.319 e. The first-order valence-electron chi connectivity index (χ1n) is 6.30. The van der Waals surface area contributed by atoms with Crippen LogP contribution in [0.25, 0.3) is 10.9 Å². The Labute approximate surface area is 118 Å². The number of benzene rings is 1. The molecule has 0 saturated heterocycles. The first kappa shape index (κ1) is 14.4. The van der Waals surface area contributed by atoms with Crippen LogP contribution in [-0.4, -0.2) is 4.57 Å². The SMILES string of the molecule is CCCc1c(CC)c2ccc(Br)c(F)c2n1C(F)F. The van der Waals surface area contributed by atoms with Gasteiger partial charge in [-0.15, -0.1) is 0 Å². The molecule has 0 aliphatic rings. The quantitative estimate of drug-likeness (QED) is 0.700. The molecule has 1 aromatic heterocycles. The van der Waals surface area contributed by atoms with Crippen molar-refractivity contribution >= 4 is 26.8 Å². The van der Waals surface area contributed by atoms with E-state index in [0.717, 1.165) is 16.6 Å². The van der Waals surface area contributed by atoms with E-state index in [1.165, 1.54) is 0 Å². The van der Waals surface area contributed by atoms with Gasteiger partial charge in [0.1, 0.15) is 0 Å². The second-order valence-corrected chi connectivity index (χ2v) is 5.29. The molecule has 0 aliphatic carbocycles. The molecular weight excluding hydrogens is 319 g/mol. The molecule has 0 N–H and O–H groups in total. The topological polar surface area (TPSA) is 4.93 Å². The van der Waals surface area contributed by atoms with Crippen molar-refractivity contribution in [3.63, 3.8) is 0 Å². The molecule has 1 aromatic carbocycles. The van der Waals surface area contributed by atoms with Gasteiger partial charge >= 0.3 is 6.55 Å². The number of halogens is 4. The van der Waals surface area contributed by atoms with Gasteiger partial charge in [-0.05, 0) is 40.4 Å². The van der Waals surface area contributed by atoms with Crippen LogP contribution in [0, 0.1) is 5.82 Å². The third-order valence-corrected chi connectivity index (χ3v) is 3.92. The average molecular weight is 334 g/mol. The second-order valence-electron chi connectivity index (χ2n) is 4.43. The highest BCUT2D eigenvalue weighted by atomic mass is 79.9. The second kappa shape index (κ2) is 5.57. The minimum atomic E-state index is -2.73. The zero-order valence-corrected chi connectivity index (χ0v) is 12.4. The lowest BCUT2D eigenvalue weighted by Gasteiger charge is -2.10. The van der Waals surface area contributed by atoms with Gasteiger partial charge in [0.2, 0.25) is 0 Å². The lowest BCUT2D eigenvalue weighted by atomic mass is 10.1. The van der Waals surface area contributed by atoms with Crippen LogP contribution in [0.3, 0.4) is 0 Å². The van der Waals surface area contributed by atoms with Crippen LogP contribution in [-0.2, 0) is 12.8 Å². The fourth-order valence-electron chi connectivity index (χ4n) is 2.57. The Morgan fingerprint density at radius 2 is 1.95 bits per heavy atom. The summed E-state index contributed by atoms with van der Waals surface area (Å²) in [5.41, 5.74) is 1.38. The first-order chi connectivity index (χ1) is 9.02. The molecule has 2 aromatic rings. The lowest BCUT2D eigenvalue weighted by Crippen LogP contribution is -2.05. The fraction of sp³-hybridized carbons (Fsp3) is 0.429. The first-order valence-corrected chi connectivity index (χ1v) is 7.09. The van der Waals surface area contributed by atoms with Crippen LogP contribution in [0.1, 0.15) is 38.1 Å². The molecule has 0 radical (unpaired) electrons. The highest BCUT2D eigenvalue weighted by Gasteiger charge is 2.23. The number of fused-ring (bicyclic) bond motifs is 1. The molecule has 104 valence electrons. The van der Waals surface area contributed by atoms with E-state index >= 15 is 0 Å². The molecule has 0 amide bonds. The highest BCUT2D eigenvalue weighted by Crippen LogP contribution is 2.35. The Morgan fingerprint density at radius 3 is 2.47 bits per heavy atom. The van der Waals surface area contributed by atoms with E-state index in [0.29, 0.717) is 23.9 Å². The maximum atomic E-state index is 14.2. The summed E-state index contributed by atoms with van der Waals surface area (Å²) in [4.78, 5) is 0. The molecule has 5 heteroatoms. The van der Waals surface area contributed by atoms with E-state index in [-0.39, 0.29) is 9.99 Å². The van der Waals surface area contributed by atoms with Crippen LogP contribution in [0.2, 0.25) is 0 Å². The molecule has 0 spiro atoms. The minimum absolute atomic E-state index is 0.00433. The van der Waals surface area contributed by atoms with Crippen molar-refractivity contribution in [2.24, 2.45) is 0 Å². The Balaban J connectivity index is 2.91. The molecule has 1 nitrogen and oxygen atoms in total. The monoisotopic (exact) mass is 333 g/mol. The van der Waals surface area contributed by atoms with Crippen molar-refractivity contribution in [3.8, 4) is 0 Å². The Kier molecular flexibility index (Phi) is 4.23. The van der Waals surface area contributed by atoms with Gasteiger partial charge in [-0.1, -0.05) is 26.3 Å². The van der Waals surface area contributed by atoms with Gasteiger partial charge in [-0.3, -0.25) is 4.57 Å². The van der Waals surface area contributed by atoms with Crippen LogP contribution in [0.15, 0.2) is 16.6 Å². The predicted molar refractivity (Wildman–Crippen MR) is 74.2 cm³/mol. The zero-order chi connectivity index (χ0) is 14.2. The number of alkyl halides is 2. The van der Waals surface area contributed by atoms with Crippen molar-refractivity contribution in [2.45, 2.75) is 39.7 Å². The van der Waals surface area contributed by atoms with Crippen molar-refractivity contribution in [1.29, 1.82) is 0 Å². The van der Waals surface area contributed by atoms with E-state index in [9.17, 15) is 13.2 Å². The van der Waals surface area contributed by atoms with Gasteiger partial charge in [-0.25, -0.2) is 4.39 Å². The molecule has 0 aliphatic heterocycles. The summed E-state index contributed by atoms with van der Waals surface area (Å²) in [6, 6.07) is 3.28. The smallest absolute Gasteiger partial charge is 0.285 e.